The van der Waals surface area contributed by atoms with E-state index in [0.717, 1.165) is 5.56 Å². The number of primary amides is 1. The van der Waals surface area contributed by atoms with Gasteiger partial charge in [-0.1, -0.05) is 42.5 Å². The maximum Gasteiger partial charge on any atom is 0.326 e. The van der Waals surface area contributed by atoms with Crippen LogP contribution in [0.15, 0.2) is 54.6 Å². The molecule has 0 heterocycles. The molecule has 13 heteroatoms. The second kappa shape index (κ2) is 15.3. The quantitative estimate of drug-likeness (QED) is 0.130. The molecule has 0 spiro atoms. The van der Waals surface area contributed by atoms with E-state index in [-0.39, 0.29) is 37.2 Å². The van der Waals surface area contributed by atoms with E-state index in [1.54, 1.807) is 0 Å². The van der Waals surface area contributed by atoms with Gasteiger partial charge in [-0.25, -0.2) is 4.79 Å². The minimum atomic E-state index is -1.43. The van der Waals surface area contributed by atoms with E-state index in [9.17, 15) is 34.2 Å². The normalized spacial score (nSPS) is 13.8. The van der Waals surface area contributed by atoms with Crippen LogP contribution in [0.25, 0.3) is 0 Å². The van der Waals surface area contributed by atoms with Crippen LogP contribution in [0.1, 0.15) is 24.0 Å². The Morgan fingerprint density at radius 3 is 1.87 bits per heavy atom. The monoisotopic (exact) mass is 559 g/mol. The Bertz CT molecular complexity index is 1150. The Morgan fingerprint density at radius 1 is 0.769 bits per heavy atom. The van der Waals surface area contributed by atoms with Gasteiger partial charge in [0.05, 0.1) is 6.04 Å². The standard InChI is InChI=1S/C26H33N5O7S/c27-18(12-15-4-2-1-3-5-15)23(34)31-21(14-39)25(36)30-20(13-16-6-8-17(32)9-7-16)24(35)29-19(26(37)38)10-11-22(28)33/h1-9,18-21,32,39H,10-14,27H2,(H2,28,33)(H,29,35)(H,30,36)(H,31,34)(H,37,38). The summed E-state index contributed by atoms with van der Waals surface area (Å²) in [6.07, 6.45) is -0.351. The lowest BCUT2D eigenvalue weighted by molar-refractivity contribution is -0.142. The molecule has 210 valence electrons. The van der Waals surface area contributed by atoms with Gasteiger partial charge in [0, 0.05) is 18.6 Å². The lowest BCUT2D eigenvalue weighted by Gasteiger charge is -2.24. The summed E-state index contributed by atoms with van der Waals surface area (Å²) in [6, 6.07) is 10.1. The largest absolute Gasteiger partial charge is 0.508 e. The Labute approximate surface area is 230 Å². The number of phenols is 1. The predicted octanol–water partition coefficient (Wildman–Crippen LogP) is -0.761. The first-order valence-electron chi connectivity index (χ1n) is 12.1. The zero-order valence-corrected chi connectivity index (χ0v) is 22.0. The third-order valence-corrected chi connectivity index (χ3v) is 6.12. The first-order valence-corrected chi connectivity index (χ1v) is 12.7. The van der Waals surface area contributed by atoms with Gasteiger partial charge in [0.1, 0.15) is 23.9 Å². The Kier molecular flexibility index (Phi) is 12.2. The molecule has 9 N–H and O–H groups in total. The van der Waals surface area contributed by atoms with E-state index in [0.29, 0.717) is 5.56 Å². The smallest absolute Gasteiger partial charge is 0.326 e. The molecule has 4 atom stereocenters. The van der Waals surface area contributed by atoms with Gasteiger partial charge < -0.3 is 37.6 Å². The average molecular weight is 560 g/mol. The number of hydrogen-bond donors (Lipinski definition) is 8. The molecule has 12 nitrogen and oxygen atoms in total. The molecule has 0 aliphatic rings. The van der Waals surface area contributed by atoms with Crippen LogP contribution in [-0.4, -0.2) is 69.7 Å². The lowest BCUT2D eigenvalue weighted by Crippen LogP contribution is -2.58. The second-order valence-electron chi connectivity index (χ2n) is 8.88. The van der Waals surface area contributed by atoms with E-state index in [1.807, 2.05) is 30.3 Å². The molecule has 4 amide bonds. The molecule has 0 aliphatic heterocycles. The number of carboxylic acids is 1. The Hall–Kier alpha value is -4.10. The molecule has 4 unspecified atom stereocenters. The molecule has 2 rings (SSSR count). The van der Waals surface area contributed by atoms with Crippen molar-refractivity contribution in [3.05, 3.63) is 65.7 Å². The molecule has 0 fully saturated rings. The summed E-state index contributed by atoms with van der Waals surface area (Å²) in [6.45, 7) is 0. The van der Waals surface area contributed by atoms with Gasteiger partial charge in [-0.05, 0) is 36.1 Å². The molecule has 0 saturated heterocycles. The van der Waals surface area contributed by atoms with Crippen LogP contribution in [-0.2, 0) is 36.8 Å². The molecule has 0 aromatic heterocycles. The van der Waals surface area contributed by atoms with Gasteiger partial charge >= 0.3 is 5.97 Å². The highest BCUT2D eigenvalue weighted by molar-refractivity contribution is 7.80. The van der Waals surface area contributed by atoms with Crippen molar-refractivity contribution in [2.75, 3.05) is 5.75 Å². The number of aromatic hydroxyl groups is 1. The predicted molar refractivity (Wildman–Crippen MR) is 146 cm³/mol. The molecule has 2 aromatic rings. The van der Waals surface area contributed by atoms with Crippen LogP contribution in [0.3, 0.4) is 0 Å². The minimum absolute atomic E-state index is 0.00845. The molecule has 0 aliphatic carbocycles. The minimum Gasteiger partial charge on any atom is -0.508 e. The number of carbonyl (C=O) groups excluding carboxylic acids is 4. The van der Waals surface area contributed by atoms with Crippen molar-refractivity contribution in [2.24, 2.45) is 11.5 Å². The molecule has 0 bridgehead atoms. The third-order valence-electron chi connectivity index (χ3n) is 5.75. The number of carbonyl (C=O) groups is 5. The topological polar surface area (TPSA) is 214 Å². The highest BCUT2D eigenvalue weighted by Crippen LogP contribution is 2.12. The average Bonchev–Trinajstić information content (AvgIpc) is 2.90. The van der Waals surface area contributed by atoms with Crippen molar-refractivity contribution in [1.82, 2.24) is 16.0 Å². The van der Waals surface area contributed by atoms with Gasteiger partial charge in [-0.2, -0.15) is 12.6 Å². The van der Waals surface area contributed by atoms with E-state index >= 15 is 0 Å². The van der Waals surface area contributed by atoms with E-state index in [2.05, 4.69) is 28.6 Å². The number of thiol groups is 1. The number of amides is 4. The van der Waals surface area contributed by atoms with Gasteiger partial charge in [0.25, 0.3) is 0 Å². The van der Waals surface area contributed by atoms with Crippen LogP contribution >= 0.6 is 12.6 Å². The number of benzene rings is 2. The summed E-state index contributed by atoms with van der Waals surface area (Å²) in [7, 11) is 0. The van der Waals surface area contributed by atoms with Crippen molar-refractivity contribution in [1.29, 1.82) is 0 Å². The van der Waals surface area contributed by atoms with Gasteiger partial charge in [-0.15, -0.1) is 0 Å². The van der Waals surface area contributed by atoms with Crippen LogP contribution in [0.5, 0.6) is 5.75 Å². The van der Waals surface area contributed by atoms with Gasteiger partial charge in [0.15, 0.2) is 0 Å². The van der Waals surface area contributed by atoms with Crippen molar-refractivity contribution >= 4 is 42.2 Å². The molecular formula is C26H33N5O7S. The van der Waals surface area contributed by atoms with Crippen molar-refractivity contribution in [3.8, 4) is 5.75 Å². The summed E-state index contributed by atoms with van der Waals surface area (Å²) in [5.74, 6) is -4.41. The fourth-order valence-corrected chi connectivity index (χ4v) is 3.86. The summed E-state index contributed by atoms with van der Waals surface area (Å²) in [4.78, 5) is 61.5. The number of hydrogen-bond acceptors (Lipinski definition) is 8. The maximum atomic E-state index is 13.1. The Balaban J connectivity index is 2.14. The van der Waals surface area contributed by atoms with Crippen molar-refractivity contribution in [2.45, 2.75) is 49.9 Å². The zero-order valence-electron chi connectivity index (χ0n) is 21.1. The van der Waals surface area contributed by atoms with Gasteiger partial charge in [-0.3, -0.25) is 19.2 Å². The molecule has 39 heavy (non-hydrogen) atoms. The number of aliphatic carboxylic acids is 1. The Morgan fingerprint density at radius 2 is 1.31 bits per heavy atom. The van der Waals surface area contributed by atoms with Crippen molar-refractivity contribution < 1.29 is 34.2 Å². The summed E-state index contributed by atoms with van der Waals surface area (Å²) in [5, 5.41) is 26.4. The fourth-order valence-electron chi connectivity index (χ4n) is 3.60. The number of nitrogens with one attached hydrogen (secondary N) is 3. The van der Waals surface area contributed by atoms with Crippen LogP contribution in [0.2, 0.25) is 0 Å². The summed E-state index contributed by atoms with van der Waals surface area (Å²) < 4.78 is 0. The first kappa shape index (κ1) is 31.1. The third kappa shape index (κ3) is 10.7. The highest BCUT2D eigenvalue weighted by Gasteiger charge is 2.30. The molecule has 2 aromatic carbocycles. The molecular weight excluding hydrogens is 526 g/mol. The highest BCUT2D eigenvalue weighted by atomic mass is 32.1. The maximum absolute atomic E-state index is 13.1. The number of nitrogens with two attached hydrogens (primary N) is 2. The van der Waals surface area contributed by atoms with Crippen molar-refractivity contribution in [3.63, 3.8) is 0 Å². The summed E-state index contributed by atoms with van der Waals surface area (Å²) >= 11 is 4.14. The fraction of sp³-hybridized carbons (Fsp3) is 0.346. The van der Waals surface area contributed by atoms with Crippen LogP contribution in [0.4, 0.5) is 0 Å². The first-order chi connectivity index (χ1) is 18.5. The summed E-state index contributed by atoms with van der Waals surface area (Å²) in [5.41, 5.74) is 12.5. The molecule has 0 radical (unpaired) electrons. The van der Waals surface area contributed by atoms with Crippen LogP contribution < -0.4 is 27.4 Å². The van der Waals surface area contributed by atoms with E-state index < -0.39 is 53.8 Å². The number of carboxylic acid groups (broad SMARTS) is 1. The van der Waals surface area contributed by atoms with E-state index in [1.165, 1.54) is 24.3 Å². The van der Waals surface area contributed by atoms with Crippen LogP contribution in [0, 0.1) is 0 Å². The number of rotatable bonds is 15. The zero-order chi connectivity index (χ0) is 28.9. The second-order valence-corrected chi connectivity index (χ2v) is 9.24. The van der Waals surface area contributed by atoms with Gasteiger partial charge in [0.2, 0.25) is 23.6 Å². The number of phenolic OH excluding ortho intramolecular Hbond substituents is 1. The molecule has 0 saturated carbocycles. The SMILES string of the molecule is NC(=O)CCC(NC(=O)C(Cc1ccc(O)cc1)NC(=O)C(CS)NC(=O)C(N)Cc1ccccc1)C(=O)O. The lowest BCUT2D eigenvalue weighted by atomic mass is 10.0. The van der Waals surface area contributed by atoms with E-state index in [4.69, 9.17) is 11.5 Å².